The van der Waals surface area contributed by atoms with Crippen LogP contribution in [0, 0.1) is 3.95 Å². The number of aromatic nitrogens is 2. The first-order chi connectivity index (χ1) is 12.4. The van der Waals surface area contributed by atoms with Crippen molar-refractivity contribution >= 4 is 80.8 Å². The lowest BCUT2D eigenvalue weighted by atomic mass is 10.3. The van der Waals surface area contributed by atoms with Gasteiger partial charge in [0.25, 0.3) is 0 Å². The Kier molecular flexibility index (Phi) is 6.16. The number of carbonyl (C=O) groups is 1. The minimum Gasteiger partial charge on any atom is -0.322 e. The molecule has 0 saturated carbocycles. The van der Waals surface area contributed by atoms with Crippen LogP contribution < -0.4 is 10.2 Å². The Morgan fingerprint density at radius 1 is 1.19 bits per heavy atom. The highest BCUT2D eigenvalue weighted by molar-refractivity contribution is 7.73. The number of nitrogens with one attached hydrogen (secondary N) is 2. The molecule has 0 unspecified atom stereocenters. The van der Waals surface area contributed by atoms with Crippen molar-refractivity contribution in [1.29, 1.82) is 0 Å². The third kappa shape index (κ3) is 4.55. The van der Waals surface area contributed by atoms with E-state index in [-0.39, 0.29) is 22.5 Å². The van der Waals surface area contributed by atoms with Crippen molar-refractivity contribution in [3.8, 4) is 0 Å². The van der Waals surface area contributed by atoms with Gasteiger partial charge in [-0.25, -0.2) is 0 Å². The van der Waals surface area contributed by atoms with Crippen molar-refractivity contribution in [3.63, 3.8) is 0 Å². The number of halogens is 3. The van der Waals surface area contributed by atoms with Gasteiger partial charge in [0.1, 0.15) is 6.54 Å². The fourth-order valence-electron chi connectivity index (χ4n) is 2.20. The van der Waals surface area contributed by atoms with Crippen LogP contribution in [0.4, 0.5) is 16.5 Å². The van der Waals surface area contributed by atoms with Gasteiger partial charge in [-0.2, -0.15) is 0 Å². The molecule has 0 saturated heterocycles. The third-order valence-corrected chi connectivity index (χ3v) is 5.23. The minimum absolute atomic E-state index is 0.00454. The second-order valence-electron chi connectivity index (χ2n) is 5.11. The van der Waals surface area contributed by atoms with Crippen LogP contribution in [-0.2, 0) is 4.79 Å². The molecule has 1 amide bonds. The summed E-state index contributed by atoms with van der Waals surface area (Å²) >= 11 is 24.5. The zero-order chi connectivity index (χ0) is 18.7. The van der Waals surface area contributed by atoms with E-state index in [1.165, 1.54) is 23.5 Å². The maximum absolute atomic E-state index is 12.6. The van der Waals surface area contributed by atoms with Crippen molar-refractivity contribution in [2.24, 2.45) is 0 Å². The van der Waals surface area contributed by atoms with Crippen molar-refractivity contribution < 1.29 is 4.79 Å². The minimum atomic E-state index is -0.318. The average molecular weight is 446 g/mol. The summed E-state index contributed by atoms with van der Waals surface area (Å²) in [6.07, 6.45) is 0. The molecule has 0 bridgehead atoms. The number of aromatic amines is 1. The van der Waals surface area contributed by atoms with E-state index < -0.39 is 0 Å². The van der Waals surface area contributed by atoms with Crippen LogP contribution in [0.3, 0.4) is 0 Å². The molecule has 5 nitrogen and oxygen atoms in total. The van der Waals surface area contributed by atoms with Crippen molar-refractivity contribution in [2.75, 3.05) is 16.8 Å². The van der Waals surface area contributed by atoms with Crippen molar-refractivity contribution in [1.82, 2.24) is 10.2 Å². The summed E-state index contributed by atoms with van der Waals surface area (Å²) in [5, 5.41) is 11.1. The Bertz CT molecular complexity index is 967. The van der Waals surface area contributed by atoms with E-state index >= 15 is 0 Å². The molecule has 1 heterocycles. The van der Waals surface area contributed by atoms with Crippen LogP contribution in [0.1, 0.15) is 0 Å². The monoisotopic (exact) mass is 444 g/mol. The SMILES string of the molecule is O=C(CN(c1ccccc1)c1n[nH]c(=S)s1)Nc1c(Cl)cc(Cl)cc1Cl. The maximum Gasteiger partial charge on any atom is 0.244 e. The summed E-state index contributed by atoms with van der Waals surface area (Å²) in [6.45, 7) is -0.00454. The topological polar surface area (TPSA) is 61.0 Å². The Hall–Kier alpha value is -1.64. The molecular weight excluding hydrogens is 435 g/mol. The lowest BCUT2D eigenvalue weighted by Gasteiger charge is -2.21. The molecular formula is C16H11Cl3N4OS2. The van der Waals surface area contributed by atoms with Crippen LogP contribution in [0.25, 0.3) is 0 Å². The van der Waals surface area contributed by atoms with Gasteiger partial charge in [0, 0.05) is 10.7 Å². The zero-order valence-electron chi connectivity index (χ0n) is 13.0. The summed E-state index contributed by atoms with van der Waals surface area (Å²) < 4.78 is 0.519. The van der Waals surface area contributed by atoms with Gasteiger partial charge < -0.3 is 10.2 Å². The molecule has 3 rings (SSSR count). The number of nitrogens with zero attached hydrogens (tertiary/aromatic N) is 2. The maximum atomic E-state index is 12.6. The summed E-state index contributed by atoms with van der Waals surface area (Å²) in [7, 11) is 0. The van der Waals surface area contributed by atoms with E-state index in [9.17, 15) is 4.79 Å². The molecule has 0 spiro atoms. The largest absolute Gasteiger partial charge is 0.322 e. The number of rotatable bonds is 5. The Labute approximate surface area is 173 Å². The standard InChI is InChI=1S/C16H11Cl3N4OS2/c17-9-6-11(18)14(12(19)7-9)20-13(24)8-23(10-4-2-1-3-5-10)15-21-22-16(25)26-15/h1-7H,8H2,(H,20,24)(H,22,25). The summed E-state index contributed by atoms with van der Waals surface area (Å²) in [5.41, 5.74) is 1.11. The Balaban J connectivity index is 1.86. The number of H-pyrrole nitrogens is 1. The van der Waals surface area contributed by atoms with Gasteiger partial charge >= 0.3 is 0 Å². The molecule has 0 aliphatic rings. The molecule has 2 aromatic carbocycles. The van der Waals surface area contributed by atoms with E-state index in [0.717, 1.165) is 5.69 Å². The number of anilines is 3. The molecule has 1 aromatic heterocycles. The van der Waals surface area contributed by atoms with Gasteiger partial charge in [0.15, 0.2) is 3.95 Å². The zero-order valence-corrected chi connectivity index (χ0v) is 16.9. The van der Waals surface area contributed by atoms with Crippen LogP contribution in [0.5, 0.6) is 0 Å². The molecule has 26 heavy (non-hydrogen) atoms. The van der Waals surface area contributed by atoms with Crippen LogP contribution in [0.2, 0.25) is 15.1 Å². The first-order valence-corrected chi connectivity index (χ1v) is 9.62. The van der Waals surface area contributed by atoms with Crippen LogP contribution >= 0.6 is 58.4 Å². The van der Waals surface area contributed by atoms with E-state index in [1.54, 1.807) is 4.90 Å². The lowest BCUT2D eigenvalue weighted by Crippen LogP contribution is -2.30. The van der Waals surface area contributed by atoms with Gasteiger partial charge in [-0.1, -0.05) is 64.3 Å². The number of hydrogen-bond donors (Lipinski definition) is 2. The quantitative estimate of drug-likeness (QED) is 0.477. The normalized spacial score (nSPS) is 10.6. The van der Waals surface area contributed by atoms with E-state index in [2.05, 4.69) is 15.5 Å². The Morgan fingerprint density at radius 3 is 2.42 bits per heavy atom. The first kappa shape index (κ1) is 19.1. The summed E-state index contributed by atoms with van der Waals surface area (Å²) in [5.74, 6) is -0.318. The van der Waals surface area contributed by atoms with E-state index in [4.69, 9.17) is 47.0 Å². The van der Waals surface area contributed by atoms with Gasteiger partial charge in [-0.3, -0.25) is 9.89 Å². The smallest absolute Gasteiger partial charge is 0.244 e. The lowest BCUT2D eigenvalue weighted by molar-refractivity contribution is -0.114. The fourth-order valence-corrected chi connectivity index (χ4v) is 4.01. The number of para-hydroxylation sites is 1. The second kappa shape index (κ2) is 8.37. The van der Waals surface area contributed by atoms with Gasteiger partial charge in [-0.15, -0.1) is 5.10 Å². The highest BCUT2D eigenvalue weighted by Gasteiger charge is 2.18. The molecule has 2 N–H and O–H groups in total. The van der Waals surface area contributed by atoms with E-state index in [1.807, 2.05) is 30.3 Å². The highest BCUT2D eigenvalue weighted by Crippen LogP contribution is 2.34. The van der Waals surface area contributed by atoms with Gasteiger partial charge in [-0.05, 0) is 36.5 Å². The van der Waals surface area contributed by atoms with Gasteiger partial charge in [0.2, 0.25) is 11.0 Å². The molecule has 0 fully saturated rings. The van der Waals surface area contributed by atoms with E-state index in [0.29, 0.717) is 19.8 Å². The molecule has 0 radical (unpaired) electrons. The van der Waals surface area contributed by atoms with Gasteiger partial charge in [0.05, 0.1) is 15.7 Å². The van der Waals surface area contributed by atoms with Crippen molar-refractivity contribution in [3.05, 3.63) is 61.5 Å². The molecule has 0 aliphatic carbocycles. The summed E-state index contributed by atoms with van der Waals surface area (Å²) in [4.78, 5) is 14.3. The predicted molar refractivity (Wildman–Crippen MR) is 111 cm³/mol. The number of carbonyl (C=O) groups excluding carboxylic acids is 1. The molecule has 3 aromatic rings. The number of benzene rings is 2. The van der Waals surface area contributed by atoms with Crippen LogP contribution in [-0.4, -0.2) is 22.6 Å². The molecule has 134 valence electrons. The molecule has 0 atom stereocenters. The average Bonchev–Trinajstić information content (AvgIpc) is 3.03. The fraction of sp³-hybridized carbons (Fsp3) is 0.0625. The summed E-state index contributed by atoms with van der Waals surface area (Å²) in [6, 6.07) is 12.4. The predicted octanol–water partition coefficient (Wildman–Crippen LogP) is 5.94. The molecule has 0 aliphatic heterocycles. The van der Waals surface area contributed by atoms with Crippen LogP contribution in [0.15, 0.2) is 42.5 Å². The number of hydrogen-bond acceptors (Lipinski definition) is 5. The first-order valence-electron chi connectivity index (χ1n) is 7.26. The second-order valence-corrected chi connectivity index (χ2v) is 8.01. The third-order valence-electron chi connectivity index (χ3n) is 3.30. The molecule has 10 heteroatoms. The Morgan fingerprint density at radius 2 is 1.85 bits per heavy atom. The number of amides is 1. The highest BCUT2D eigenvalue weighted by atomic mass is 35.5. The van der Waals surface area contributed by atoms with Crippen molar-refractivity contribution in [2.45, 2.75) is 0 Å².